The van der Waals surface area contributed by atoms with Gasteiger partial charge in [0, 0.05) is 19.2 Å². The largest absolute Gasteiger partial charge is 0.475 e. The Morgan fingerprint density at radius 3 is 2.81 bits per heavy atom. The van der Waals surface area contributed by atoms with Crippen molar-refractivity contribution in [2.24, 2.45) is 0 Å². The zero-order valence-corrected chi connectivity index (χ0v) is 9.11. The van der Waals surface area contributed by atoms with E-state index < -0.39 is 5.97 Å². The third kappa shape index (κ3) is 2.76. The number of carbonyl (C=O) groups is 1. The molecule has 0 atom stereocenters. The molecule has 2 heterocycles. The molecule has 5 nitrogen and oxygen atoms in total. The average Bonchev–Trinajstić information content (AvgIpc) is 2.87. The van der Waals surface area contributed by atoms with Crippen LogP contribution in [0.5, 0.6) is 0 Å². The third-order valence-corrected chi connectivity index (χ3v) is 2.74. The summed E-state index contributed by atoms with van der Waals surface area (Å²) in [7, 11) is 0. The summed E-state index contributed by atoms with van der Waals surface area (Å²) < 4.78 is 5.08. The van der Waals surface area contributed by atoms with E-state index in [0.717, 1.165) is 13.1 Å². The van der Waals surface area contributed by atoms with Crippen LogP contribution in [0.2, 0.25) is 0 Å². The minimum absolute atomic E-state index is 0.0244. The van der Waals surface area contributed by atoms with Gasteiger partial charge in [-0.1, -0.05) is 0 Å². The second kappa shape index (κ2) is 5.03. The van der Waals surface area contributed by atoms with E-state index in [-0.39, 0.29) is 5.76 Å². The highest BCUT2D eigenvalue weighted by Crippen LogP contribution is 2.13. The van der Waals surface area contributed by atoms with Crippen molar-refractivity contribution < 1.29 is 14.3 Å². The molecule has 1 aromatic heterocycles. The minimum atomic E-state index is -1.03. The van der Waals surface area contributed by atoms with Crippen LogP contribution in [0.3, 0.4) is 0 Å². The Morgan fingerprint density at radius 1 is 1.44 bits per heavy atom. The molecule has 88 valence electrons. The van der Waals surface area contributed by atoms with E-state index >= 15 is 0 Å². The number of furan rings is 1. The molecule has 16 heavy (non-hydrogen) atoms. The van der Waals surface area contributed by atoms with Crippen LogP contribution in [-0.2, 0) is 0 Å². The van der Waals surface area contributed by atoms with Crippen molar-refractivity contribution >= 4 is 11.9 Å². The molecule has 1 aliphatic heterocycles. The molecule has 5 heteroatoms. The number of nitrogens with zero attached hydrogens (tertiary/aromatic N) is 1. The Labute approximate surface area is 94.0 Å². The minimum Gasteiger partial charge on any atom is -0.475 e. The quantitative estimate of drug-likeness (QED) is 0.793. The normalized spacial score (nSPS) is 16.5. The van der Waals surface area contributed by atoms with Crippen LogP contribution in [0.25, 0.3) is 0 Å². The number of nitrogens with one attached hydrogen (secondary N) is 1. The molecule has 0 radical (unpaired) electrons. The van der Waals surface area contributed by atoms with E-state index in [1.807, 2.05) is 0 Å². The molecule has 0 saturated carbocycles. The third-order valence-electron chi connectivity index (χ3n) is 2.74. The summed E-state index contributed by atoms with van der Waals surface area (Å²) in [5.41, 5.74) is 0. The lowest BCUT2D eigenvalue weighted by molar-refractivity contribution is 0.0663. The van der Waals surface area contributed by atoms with Gasteiger partial charge in [-0.2, -0.15) is 0 Å². The van der Waals surface area contributed by atoms with Gasteiger partial charge < -0.3 is 19.7 Å². The van der Waals surface area contributed by atoms with Crippen molar-refractivity contribution in [2.45, 2.75) is 12.8 Å². The van der Waals surface area contributed by atoms with Crippen molar-refractivity contribution in [3.63, 3.8) is 0 Å². The van der Waals surface area contributed by atoms with Crippen LogP contribution < -0.4 is 5.32 Å². The Morgan fingerprint density at radius 2 is 2.19 bits per heavy atom. The molecule has 0 aliphatic carbocycles. The summed E-state index contributed by atoms with van der Waals surface area (Å²) >= 11 is 0. The summed E-state index contributed by atoms with van der Waals surface area (Å²) in [5, 5.41) is 11.7. The van der Waals surface area contributed by atoms with Crippen LogP contribution in [0.15, 0.2) is 16.5 Å². The predicted molar refractivity (Wildman–Crippen MR) is 59.8 cm³/mol. The standard InChI is InChI=1S/C11H16N2O3/c14-11(15)9-3-4-10(16-9)12-5-8-13-6-1-2-7-13/h3-4,12H,1-2,5-8H2,(H,14,15). The summed E-state index contributed by atoms with van der Waals surface area (Å²) in [6, 6.07) is 3.11. The molecule has 2 N–H and O–H groups in total. The van der Waals surface area contributed by atoms with Gasteiger partial charge in [0.1, 0.15) is 0 Å². The van der Waals surface area contributed by atoms with E-state index in [4.69, 9.17) is 9.52 Å². The number of anilines is 1. The molecule has 2 rings (SSSR count). The van der Waals surface area contributed by atoms with Crippen LogP contribution in [0, 0.1) is 0 Å². The molecule has 0 bridgehead atoms. The number of aromatic carboxylic acids is 1. The second-order valence-electron chi connectivity index (χ2n) is 3.94. The van der Waals surface area contributed by atoms with E-state index in [2.05, 4.69) is 10.2 Å². The lowest BCUT2D eigenvalue weighted by Crippen LogP contribution is -2.25. The number of hydrogen-bond donors (Lipinski definition) is 2. The van der Waals surface area contributed by atoms with E-state index in [1.54, 1.807) is 6.07 Å². The Kier molecular flexibility index (Phi) is 3.46. The number of rotatable bonds is 5. The smallest absolute Gasteiger partial charge is 0.371 e. The van der Waals surface area contributed by atoms with E-state index in [0.29, 0.717) is 5.88 Å². The maximum Gasteiger partial charge on any atom is 0.371 e. The van der Waals surface area contributed by atoms with Gasteiger partial charge in [-0.25, -0.2) is 4.79 Å². The molecule has 0 unspecified atom stereocenters. The van der Waals surface area contributed by atoms with Crippen LogP contribution in [-0.4, -0.2) is 42.2 Å². The average molecular weight is 224 g/mol. The molecule has 0 spiro atoms. The van der Waals surface area contributed by atoms with Crippen molar-refractivity contribution in [2.75, 3.05) is 31.5 Å². The fourth-order valence-electron chi connectivity index (χ4n) is 1.89. The van der Waals surface area contributed by atoms with Gasteiger partial charge in [0.25, 0.3) is 0 Å². The fraction of sp³-hybridized carbons (Fsp3) is 0.545. The monoisotopic (exact) mass is 224 g/mol. The van der Waals surface area contributed by atoms with Crippen molar-refractivity contribution in [1.29, 1.82) is 0 Å². The number of hydrogen-bond acceptors (Lipinski definition) is 4. The lowest BCUT2D eigenvalue weighted by Gasteiger charge is -2.14. The van der Waals surface area contributed by atoms with Gasteiger partial charge in [0.2, 0.25) is 5.76 Å². The van der Waals surface area contributed by atoms with Crippen LogP contribution in [0.4, 0.5) is 5.88 Å². The van der Waals surface area contributed by atoms with Crippen molar-refractivity contribution in [3.05, 3.63) is 17.9 Å². The summed E-state index contributed by atoms with van der Waals surface area (Å²) in [6.45, 7) is 4.09. The van der Waals surface area contributed by atoms with Gasteiger partial charge in [-0.05, 0) is 32.0 Å². The summed E-state index contributed by atoms with van der Waals surface area (Å²) in [6.07, 6.45) is 2.56. The maximum atomic E-state index is 10.6. The van der Waals surface area contributed by atoms with Gasteiger partial charge >= 0.3 is 5.97 Å². The Balaban J connectivity index is 1.74. The van der Waals surface area contributed by atoms with Crippen LogP contribution in [0.1, 0.15) is 23.4 Å². The SMILES string of the molecule is O=C(O)c1ccc(NCCN2CCCC2)o1. The molecule has 1 aliphatic rings. The van der Waals surface area contributed by atoms with E-state index in [1.165, 1.54) is 32.0 Å². The highest BCUT2D eigenvalue weighted by atomic mass is 16.4. The highest BCUT2D eigenvalue weighted by Gasteiger charge is 2.11. The van der Waals surface area contributed by atoms with E-state index in [9.17, 15) is 4.79 Å². The second-order valence-corrected chi connectivity index (χ2v) is 3.94. The van der Waals surface area contributed by atoms with Gasteiger partial charge in [-0.3, -0.25) is 0 Å². The predicted octanol–water partition coefficient (Wildman–Crippen LogP) is 1.49. The number of carboxylic acid groups (broad SMARTS) is 1. The maximum absolute atomic E-state index is 10.6. The summed E-state index contributed by atoms with van der Waals surface area (Å²) in [5.74, 6) is -0.534. The molecule has 1 saturated heterocycles. The first-order valence-corrected chi connectivity index (χ1v) is 5.55. The Bertz CT molecular complexity index is 356. The van der Waals surface area contributed by atoms with Crippen molar-refractivity contribution in [1.82, 2.24) is 4.90 Å². The molecule has 1 fully saturated rings. The first kappa shape index (κ1) is 11.0. The molecule has 0 aromatic carbocycles. The van der Waals surface area contributed by atoms with Gasteiger partial charge in [0.05, 0.1) is 0 Å². The molecule has 0 amide bonds. The topological polar surface area (TPSA) is 65.7 Å². The Hall–Kier alpha value is -1.49. The number of carboxylic acids is 1. The molecular weight excluding hydrogens is 208 g/mol. The fourth-order valence-corrected chi connectivity index (χ4v) is 1.89. The van der Waals surface area contributed by atoms with Crippen molar-refractivity contribution in [3.8, 4) is 0 Å². The zero-order valence-electron chi connectivity index (χ0n) is 9.11. The number of likely N-dealkylation sites (tertiary alicyclic amines) is 1. The van der Waals surface area contributed by atoms with Gasteiger partial charge in [0.15, 0.2) is 5.88 Å². The van der Waals surface area contributed by atoms with Gasteiger partial charge in [-0.15, -0.1) is 0 Å². The lowest BCUT2D eigenvalue weighted by atomic mass is 10.4. The highest BCUT2D eigenvalue weighted by molar-refractivity contribution is 5.84. The first-order chi connectivity index (χ1) is 7.75. The van der Waals surface area contributed by atoms with Crippen LogP contribution >= 0.6 is 0 Å². The molecular formula is C11H16N2O3. The molecule has 1 aromatic rings. The summed E-state index contributed by atoms with van der Waals surface area (Å²) in [4.78, 5) is 13.0. The first-order valence-electron chi connectivity index (χ1n) is 5.55. The zero-order chi connectivity index (χ0) is 11.4.